The standard InChI is InChI=1S/C10H11BrFN3/c1-5(2)15-9-4-7(12)6(11)3-8(9)14-10(15)13/h3-5H,1-2H3,(H2,13,14). The second-order valence-corrected chi connectivity index (χ2v) is 4.54. The van der Waals surface area contributed by atoms with Crippen LogP contribution in [-0.2, 0) is 0 Å². The first-order valence-electron chi connectivity index (χ1n) is 4.63. The summed E-state index contributed by atoms with van der Waals surface area (Å²) in [6.07, 6.45) is 0. The molecule has 80 valence electrons. The maximum Gasteiger partial charge on any atom is 0.201 e. The Kier molecular flexibility index (Phi) is 2.42. The normalized spacial score (nSPS) is 11.5. The molecular formula is C10H11BrFN3. The van der Waals surface area contributed by atoms with Crippen LogP contribution in [0.3, 0.4) is 0 Å². The van der Waals surface area contributed by atoms with Crippen molar-refractivity contribution in [3.8, 4) is 0 Å². The van der Waals surface area contributed by atoms with Crippen LogP contribution in [0.1, 0.15) is 19.9 Å². The van der Waals surface area contributed by atoms with E-state index in [-0.39, 0.29) is 11.9 Å². The first-order chi connectivity index (χ1) is 7.00. The van der Waals surface area contributed by atoms with E-state index in [2.05, 4.69) is 20.9 Å². The molecule has 0 fully saturated rings. The van der Waals surface area contributed by atoms with Crippen LogP contribution in [0.4, 0.5) is 10.3 Å². The van der Waals surface area contributed by atoms with Crippen LogP contribution in [0.2, 0.25) is 0 Å². The predicted octanol–water partition coefficient (Wildman–Crippen LogP) is 3.10. The van der Waals surface area contributed by atoms with Gasteiger partial charge in [-0.1, -0.05) is 0 Å². The Hall–Kier alpha value is -1.10. The van der Waals surface area contributed by atoms with Gasteiger partial charge in [-0.15, -0.1) is 0 Å². The van der Waals surface area contributed by atoms with E-state index >= 15 is 0 Å². The van der Waals surface area contributed by atoms with Crippen molar-refractivity contribution in [2.24, 2.45) is 0 Å². The Bertz CT molecular complexity index is 519. The Labute approximate surface area is 95.2 Å². The number of nitrogens with two attached hydrogens (primary N) is 1. The molecule has 0 unspecified atom stereocenters. The first kappa shape index (κ1) is 10.4. The van der Waals surface area contributed by atoms with Crippen molar-refractivity contribution in [2.75, 3.05) is 5.73 Å². The van der Waals surface area contributed by atoms with Gasteiger partial charge in [-0.05, 0) is 35.8 Å². The van der Waals surface area contributed by atoms with Crippen LogP contribution in [0.15, 0.2) is 16.6 Å². The summed E-state index contributed by atoms with van der Waals surface area (Å²) in [4.78, 5) is 4.18. The Balaban J connectivity index is 2.81. The summed E-state index contributed by atoms with van der Waals surface area (Å²) >= 11 is 3.12. The van der Waals surface area contributed by atoms with Crippen molar-refractivity contribution in [1.29, 1.82) is 0 Å². The third-order valence-electron chi connectivity index (χ3n) is 2.28. The quantitative estimate of drug-likeness (QED) is 0.866. The van der Waals surface area contributed by atoms with Crippen LogP contribution >= 0.6 is 15.9 Å². The van der Waals surface area contributed by atoms with Crippen LogP contribution in [0, 0.1) is 5.82 Å². The van der Waals surface area contributed by atoms with Crippen molar-refractivity contribution in [2.45, 2.75) is 19.9 Å². The van der Waals surface area contributed by atoms with Crippen molar-refractivity contribution < 1.29 is 4.39 Å². The summed E-state index contributed by atoms with van der Waals surface area (Å²) in [5, 5.41) is 0. The summed E-state index contributed by atoms with van der Waals surface area (Å²) in [5.74, 6) is 0.113. The smallest absolute Gasteiger partial charge is 0.201 e. The largest absolute Gasteiger partial charge is 0.369 e. The van der Waals surface area contributed by atoms with Crippen LogP contribution < -0.4 is 5.73 Å². The molecule has 0 aliphatic rings. The van der Waals surface area contributed by atoms with E-state index in [0.717, 1.165) is 5.52 Å². The molecule has 5 heteroatoms. The van der Waals surface area contributed by atoms with Crippen LogP contribution in [0.25, 0.3) is 11.0 Å². The predicted molar refractivity (Wildman–Crippen MR) is 62.2 cm³/mol. The minimum Gasteiger partial charge on any atom is -0.369 e. The topological polar surface area (TPSA) is 43.8 Å². The number of nitrogens with zero attached hydrogens (tertiary/aromatic N) is 2. The lowest BCUT2D eigenvalue weighted by Crippen LogP contribution is -2.05. The van der Waals surface area contributed by atoms with Gasteiger partial charge in [-0.25, -0.2) is 9.37 Å². The van der Waals surface area contributed by atoms with Gasteiger partial charge in [0.2, 0.25) is 5.95 Å². The fourth-order valence-electron chi connectivity index (χ4n) is 1.65. The summed E-state index contributed by atoms with van der Waals surface area (Å²) in [6, 6.07) is 3.25. The highest BCUT2D eigenvalue weighted by atomic mass is 79.9. The summed E-state index contributed by atoms with van der Waals surface area (Å²) in [7, 11) is 0. The Morgan fingerprint density at radius 3 is 2.73 bits per heavy atom. The van der Waals surface area contributed by atoms with E-state index in [1.165, 1.54) is 6.07 Å². The molecule has 0 radical (unpaired) electrons. The molecule has 1 heterocycles. The highest BCUT2D eigenvalue weighted by Crippen LogP contribution is 2.27. The third-order valence-corrected chi connectivity index (χ3v) is 2.88. The van der Waals surface area contributed by atoms with Gasteiger partial charge in [0.05, 0.1) is 15.5 Å². The number of hydrogen-bond donors (Lipinski definition) is 1. The van der Waals surface area contributed by atoms with E-state index in [9.17, 15) is 4.39 Å². The van der Waals surface area contributed by atoms with Crippen molar-refractivity contribution >= 4 is 32.9 Å². The molecule has 0 aliphatic carbocycles. The zero-order chi connectivity index (χ0) is 11.2. The zero-order valence-electron chi connectivity index (χ0n) is 8.46. The minimum atomic E-state index is -0.302. The first-order valence-corrected chi connectivity index (χ1v) is 5.42. The lowest BCUT2D eigenvalue weighted by atomic mass is 10.3. The van der Waals surface area contributed by atoms with E-state index < -0.39 is 0 Å². The van der Waals surface area contributed by atoms with Gasteiger partial charge in [0.25, 0.3) is 0 Å². The van der Waals surface area contributed by atoms with Gasteiger partial charge >= 0.3 is 0 Å². The molecule has 0 atom stereocenters. The number of anilines is 1. The molecule has 2 aromatic rings. The monoisotopic (exact) mass is 271 g/mol. The molecule has 0 bridgehead atoms. The van der Waals surface area contributed by atoms with Gasteiger partial charge in [0, 0.05) is 12.1 Å². The third kappa shape index (κ3) is 1.61. The maximum atomic E-state index is 13.4. The molecule has 0 amide bonds. The van der Waals surface area contributed by atoms with Crippen molar-refractivity contribution in [3.63, 3.8) is 0 Å². The lowest BCUT2D eigenvalue weighted by Gasteiger charge is -2.09. The SMILES string of the molecule is CC(C)n1c(N)nc2cc(Br)c(F)cc21. The second kappa shape index (κ2) is 3.48. The summed E-state index contributed by atoms with van der Waals surface area (Å²) in [6.45, 7) is 3.97. The number of halogens is 2. The molecule has 2 N–H and O–H groups in total. The van der Waals surface area contributed by atoms with Crippen LogP contribution in [-0.4, -0.2) is 9.55 Å². The molecule has 2 rings (SSSR count). The van der Waals surface area contributed by atoms with E-state index in [0.29, 0.717) is 15.9 Å². The van der Waals surface area contributed by atoms with Gasteiger partial charge in [-0.2, -0.15) is 0 Å². The Morgan fingerprint density at radius 2 is 2.13 bits per heavy atom. The van der Waals surface area contributed by atoms with E-state index in [1.807, 2.05) is 18.4 Å². The van der Waals surface area contributed by atoms with Crippen molar-refractivity contribution in [3.05, 3.63) is 22.4 Å². The molecule has 0 saturated heterocycles. The van der Waals surface area contributed by atoms with Crippen molar-refractivity contribution in [1.82, 2.24) is 9.55 Å². The number of imidazole rings is 1. The van der Waals surface area contributed by atoms with E-state index in [4.69, 9.17) is 5.73 Å². The highest BCUT2D eigenvalue weighted by molar-refractivity contribution is 9.10. The number of benzene rings is 1. The number of rotatable bonds is 1. The van der Waals surface area contributed by atoms with Gasteiger partial charge < -0.3 is 10.3 Å². The average molecular weight is 272 g/mol. The fraction of sp³-hybridized carbons (Fsp3) is 0.300. The molecule has 15 heavy (non-hydrogen) atoms. The Morgan fingerprint density at radius 1 is 1.47 bits per heavy atom. The number of aromatic nitrogens is 2. The number of nitrogen functional groups attached to an aromatic ring is 1. The lowest BCUT2D eigenvalue weighted by molar-refractivity contribution is 0.611. The number of hydrogen-bond acceptors (Lipinski definition) is 2. The molecule has 1 aromatic heterocycles. The molecule has 3 nitrogen and oxygen atoms in total. The summed E-state index contributed by atoms with van der Waals surface area (Å²) in [5.41, 5.74) is 7.20. The molecule has 0 aliphatic heterocycles. The molecular weight excluding hydrogens is 261 g/mol. The highest BCUT2D eigenvalue weighted by Gasteiger charge is 2.13. The second-order valence-electron chi connectivity index (χ2n) is 3.69. The molecule has 1 aromatic carbocycles. The van der Waals surface area contributed by atoms with Gasteiger partial charge in [-0.3, -0.25) is 0 Å². The number of fused-ring (bicyclic) bond motifs is 1. The molecule has 0 saturated carbocycles. The van der Waals surface area contributed by atoms with Gasteiger partial charge in [0.1, 0.15) is 5.82 Å². The summed E-state index contributed by atoms with van der Waals surface area (Å²) < 4.78 is 15.6. The van der Waals surface area contributed by atoms with Gasteiger partial charge in [0.15, 0.2) is 0 Å². The molecule has 0 spiro atoms. The van der Waals surface area contributed by atoms with Crippen LogP contribution in [0.5, 0.6) is 0 Å². The maximum absolute atomic E-state index is 13.4. The fourth-order valence-corrected chi connectivity index (χ4v) is 1.98. The average Bonchev–Trinajstić information content (AvgIpc) is 2.41. The van der Waals surface area contributed by atoms with E-state index in [1.54, 1.807) is 6.07 Å². The minimum absolute atomic E-state index is 0.163. The zero-order valence-corrected chi connectivity index (χ0v) is 10.0.